The molecule has 0 heterocycles. The highest BCUT2D eigenvalue weighted by molar-refractivity contribution is 9.10. The normalized spacial score (nSPS) is 11.9. The Morgan fingerprint density at radius 3 is 1.60 bits per heavy atom. The SMILES string of the molecule is Cc1cc(C)c(S(=O)(=O)Nc2ccc(S(=O)(=O)Nc3ccc(Br)cc3)cc2)c(C)c1. The van der Waals surface area contributed by atoms with Crippen LogP contribution in [0.25, 0.3) is 0 Å². The highest BCUT2D eigenvalue weighted by atomic mass is 79.9. The second-order valence-electron chi connectivity index (χ2n) is 6.97. The molecule has 2 N–H and O–H groups in total. The quantitative estimate of drug-likeness (QED) is 0.491. The van der Waals surface area contributed by atoms with Crippen LogP contribution in [-0.2, 0) is 20.0 Å². The lowest BCUT2D eigenvalue weighted by Gasteiger charge is -2.14. The zero-order valence-corrected chi connectivity index (χ0v) is 19.8. The fourth-order valence-corrected chi connectivity index (χ4v) is 6.07. The van der Waals surface area contributed by atoms with Crippen molar-refractivity contribution in [2.24, 2.45) is 0 Å². The molecule has 3 rings (SSSR count). The standard InChI is InChI=1S/C21H21BrN2O4S2/c1-14-12-15(2)21(16(3)13-14)30(27,28)24-19-8-10-20(11-9-19)29(25,26)23-18-6-4-17(22)5-7-18/h4-13,23-24H,1-3H3. The molecule has 3 aromatic carbocycles. The van der Waals surface area contributed by atoms with Gasteiger partial charge in [-0.1, -0.05) is 33.6 Å². The minimum atomic E-state index is -3.81. The molecule has 30 heavy (non-hydrogen) atoms. The van der Waals surface area contributed by atoms with Crippen LogP contribution in [0.4, 0.5) is 11.4 Å². The number of sulfonamides is 2. The van der Waals surface area contributed by atoms with E-state index in [2.05, 4.69) is 25.4 Å². The fourth-order valence-electron chi connectivity index (χ4n) is 3.23. The van der Waals surface area contributed by atoms with Gasteiger partial charge >= 0.3 is 0 Å². The first-order valence-corrected chi connectivity index (χ1v) is 12.7. The topological polar surface area (TPSA) is 92.3 Å². The van der Waals surface area contributed by atoms with Gasteiger partial charge in [0, 0.05) is 15.8 Å². The number of benzene rings is 3. The summed E-state index contributed by atoms with van der Waals surface area (Å²) in [6, 6.07) is 15.9. The van der Waals surface area contributed by atoms with Crippen LogP contribution in [0.2, 0.25) is 0 Å². The Hall–Kier alpha value is -2.36. The van der Waals surface area contributed by atoms with E-state index in [0.29, 0.717) is 16.8 Å². The molecule has 9 heteroatoms. The molecule has 0 saturated heterocycles. The Morgan fingerprint density at radius 2 is 1.10 bits per heavy atom. The molecule has 6 nitrogen and oxygen atoms in total. The second kappa shape index (κ2) is 8.41. The number of hydrogen-bond acceptors (Lipinski definition) is 4. The molecule has 3 aromatic rings. The van der Waals surface area contributed by atoms with Gasteiger partial charge in [0.05, 0.1) is 9.79 Å². The molecule has 0 saturated carbocycles. The zero-order chi connectivity index (χ0) is 22.1. The Kier molecular flexibility index (Phi) is 6.26. The van der Waals surface area contributed by atoms with E-state index in [1.165, 1.54) is 24.3 Å². The van der Waals surface area contributed by atoms with Crippen LogP contribution in [0, 0.1) is 20.8 Å². The summed E-state index contributed by atoms with van der Waals surface area (Å²) in [5, 5.41) is 0. The zero-order valence-electron chi connectivity index (χ0n) is 16.6. The van der Waals surface area contributed by atoms with Gasteiger partial charge in [0.1, 0.15) is 0 Å². The largest absolute Gasteiger partial charge is 0.280 e. The molecule has 0 aliphatic rings. The minimum Gasteiger partial charge on any atom is -0.280 e. The van der Waals surface area contributed by atoms with Crippen molar-refractivity contribution in [3.05, 3.63) is 81.8 Å². The molecule has 0 fully saturated rings. The highest BCUT2D eigenvalue weighted by Gasteiger charge is 2.21. The predicted octanol–water partition coefficient (Wildman–Crippen LogP) is 4.98. The molecule has 0 aliphatic heterocycles. The third kappa shape index (κ3) is 5.03. The molecule has 0 radical (unpaired) electrons. The smallest absolute Gasteiger partial charge is 0.262 e. The summed E-state index contributed by atoms with van der Waals surface area (Å²) in [5.41, 5.74) is 2.98. The Balaban J connectivity index is 1.83. The maximum absolute atomic E-state index is 12.9. The molecule has 158 valence electrons. The van der Waals surface area contributed by atoms with E-state index in [1.54, 1.807) is 38.1 Å². The van der Waals surface area contributed by atoms with Gasteiger partial charge in [-0.25, -0.2) is 16.8 Å². The lowest BCUT2D eigenvalue weighted by Crippen LogP contribution is -2.16. The first-order chi connectivity index (χ1) is 14.0. The van der Waals surface area contributed by atoms with Gasteiger partial charge in [-0.05, 0) is 80.4 Å². The maximum atomic E-state index is 12.9. The van der Waals surface area contributed by atoms with Crippen LogP contribution < -0.4 is 9.44 Å². The van der Waals surface area contributed by atoms with E-state index in [4.69, 9.17) is 0 Å². The highest BCUT2D eigenvalue weighted by Crippen LogP contribution is 2.25. The van der Waals surface area contributed by atoms with E-state index < -0.39 is 20.0 Å². The molecular formula is C21H21BrN2O4S2. The van der Waals surface area contributed by atoms with Crippen LogP contribution in [-0.4, -0.2) is 16.8 Å². The van der Waals surface area contributed by atoms with Gasteiger partial charge in [-0.3, -0.25) is 9.44 Å². The van der Waals surface area contributed by atoms with Crippen LogP contribution in [0.5, 0.6) is 0 Å². The third-order valence-electron chi connectivity index (χ3n) is 4.39. The van der Waals surface area contributed by atoms with Crippen molar-refractivity contribution in [3.63, 3.8) is 0 Å². The van der Waals surface area contributed by atoms with E-state index in [0.717, 1.165) is 10.0 Å². The van der Waals surface area contributed by atoms with E-state index >= 15 is 0 Å². The number of halogens is 1. The first-order valence-electron chi connectivity index (χ1n) is 8.97. The number of nitrogens with one attached hydrogen (secondary N) is 2. The summed E-state index contributed by atoms with van der Waals surface area (Å²) in [5.74, 6) is 0. The van der Waals surface area contributed by atoms with E-state index in [1.807, 2.05) is 19.1 Å². The predicted molar refractivity (Wildman–Crippen MR) is 123 cm³/mol. The summed E-state index contributed by atoms with van der Waals surface area (Å²) in [7, 11) is -7.61. The molecular weight excluding hydrogens is 488 g/mol. The average molecular weight is 509 g/mol. The monoisotopic (exact) mass is 508 g/mol. The van der Waals surface area contributed by atoms with Crippen LogP contribution in [0.3, 0.4) is 0 Å². The summed E-state index contributed by atoms with van der Waals surface area (Å²) in [4.78, 5) is 0.248. The van der Waals surface area contributed by atoms with Gasteiger partial charge in [0.15, 0.2) is 0 Å². The van der Waals surface area contributed by atoms with Gasteiger partial charge < -0.3 is 0 Å². The van der Waals surface area contributed by atoms with Crippen molar-refractivity contribution >= 4 is 47.4 Å². The second-order valence-corrected chi connectivity index (χ2v) is 11.2. The summed E-state index contributed by atoms with van der Waals surface area (Å²) < 4.78 is 56.7. The maximum Gasteiger partial charge on any atom is 0.262 e. The van der Waals surface area contributed by atoms with Crippen molar-refractivity contribution in [1.29, 1.82) is 0 Å². The molecule has 0 aliphatic carbocycles. The summed E-state index contributed by atoms with van der Waals surface area (Å²) >= 11 is 3.30. The summed E-state index contributed by atoms with van der Waals surface area (Å²) in [6.07, 6.45) is 0. The first kappa shape index (κ1) is 22.3. The van der Waals surface area contributed by atoms with Crippen LogP contribution >= 0.6 is 15.9 Å². The van der Waals surface area contributed by atoms with E-state index in [-0.39, 0.29) is 15.5 Å². The average Bonchev–Trinajstić information content (AvgIpc) is 2.62. The van der Waals surface area contributed by atoms with E-state index in [9.17, 15) is 16.8 Å². The van der Waals surface area contributed by atoms with Gasteiger partial charge in [0.2, 0.25) is 0 Å². The molecule has 0 atom stereocenters. The lowest BCUT2D eigenvalue weighted by atomic mass is 10.1. The molecule has 0 aromatic heterocycles. The Morgan fingerprint density at radius 1 is 0.667 bits per heavy atom. The summed E-state index contributed by atoms with van der Waals surface area (Å²) in [6.45, 7) is 5.40. The van der Waals surface area contributed by atoms with Crippen LogP contribution in [0.1, 0.15) is 16.7 Å². The van der Waals surface area contributed by atoms with Gasteiger partial charge in [0.25, 0.3) is 20.0 Å². The van der Waals surface area contributed by atoms with Gasteiger partial charge in [-0.15, -0.1) is 0 Å². The Bertz CT molecular complexity index is 1260. The van der Waals surface area contributed by atoms with Gasteiger partial charge in [-0.2, -0.15) is 0 Å². The number of aryl methyl sites for hydroxylation is 3. The minimum absolute atomic E-state index is 0.0241. The fraction of sp³-hybridized carbons (Fsp3) is 0.143. The van der Waals surface area contributed by atoms with Crippen LogP contribution in [0.15, 0.2) is 74.9 Å². The van der Waals surface area contributed by atoms with Crippen molar-refractivity contribution in [3.8, 4) is 0 Å². The van der Waals surface area contributed by atoms with Crippen molar-refractivity contribution < 1.29 is 16.8 Å². The molecule has 0 spiro atoms. The molecule has 0 amide bonds. The van der Waals surface area contributed by atoms with Crippen molar-refractivity contribution in [2.75, 3.05) is 9.44 Å². The molecule has 0 bridgehead atoms. The lowest BCUT2D eigenvalue weighted by molar-refractivity contribution is 0.599. The molecule has 0 unspecified atom stereocenters. The number of rotatable bonds is 6. The Labute approximate surface area is 185 Å². The van der Waals surface area contributed by atoms with Crippen molar-refractivity contribution in [2.45, 2.75) is 30.6 Å². The van der Waals surface area contributed by atoms with Crippen molar-refractivity contribution in [1.82, 2.24) is 0 Å². The third-order valence-corrected chi connectivity index (χ3v) is 8.00. The number of anilines is 2. The number of hydrogen-bond donors (Lipinski definition) is 2.